The normalized spacial score (nSPS) is 12.2. The summed E-state index contributed by atoms with van der Waals surface area (Å²) in [5, 5.41) is 0. The molecule has 0 atom stereocenters. The van der Waals surface area contributed by atoms with Gasteiger partial charge in [-0.1, -0.05) is 0 Å². The minimum atomic E-state index is -6.07. The Balaban J connectivity index is -0.000000116. The molecule has 20 heavy (non-hydrogen) atoms. The molecule has 0 radical (unpaired) electrons. The zero-order valence-corrected chi connectivity index (χ0v) is 18.3. The van der Waals surface area contributed by atoms with Crippen molar-refractivity contribution in [1.82, 2.24) is 0 Å². The zero-order chi connectivity index (χ0) is 15.4. The summed E-state index contributed by atoms with van der Waals surface area (Å²) >= 11 is -24.3. The van der Waals surface area contributed by atoms with Crippen LogP contribution in [0.25, 0.3) is 0 Å². The Bertz CT molecular complexity index is 537. The van der Waals surface area contributed by atoms with Gasteiger partial charge in [0.2, 0.25) is 0 Å². The second-order valence-electron chi connectivity index (χ2n) is 1.77. The van der Waals surface area contributed by atoms with Gasteiger partial charge >= 0.3 is 176 Å². The van der Waals surface area contributed by atoms with E-state index < -0.39 is 54.5 Å². The fourth-order valence-corrected chi connectivity index (χ4v) is 3.47. The average Bonchev–Trinajstić information content (AvgIpc) is 1.64. The van der Waals surface area contributed by atoms with Gasteiger partial charge in [-0.25, -0.2) is 0 Å². The van der Waals surface area contributed by atoms with Gasteiger partial charge < -0.3 is 0 Å². The van der Waals surface area contributed by atoms with Crippen LogP contribution in [0.2, 0.25) is 0 Å². The van der Waals surface area contributed by atoms with Crippen molar-refractivity contribution in [2.45, 2.75) is 0 Å². The quantitative estimate of drug-likeness (QED) is 0.327. The topological polar surface area (TPSA) is 247 Å². The predicted molar refractivity (Wildman–Crippen MR) is 13.4 cm³/mol. The second kappa shape index (κ2) is 11.1. The van der Waals surface area contributed by atoms with E-state index in [9.17, 15) is 47.1 Å². The molecule has 14 nitrogen and oxygen atoms in total. The van der Waals surface area contributed by atoms with E-state index in [1.807, 2.05) is 0 Å². The molecule has 0 aromatic rings. The molecule has 0 fully saturated rings. The molecule has 0 aliphatic rings. The Morgan fingerprint density at radius 3 is 0.600 bits per heavy atom. The van der Waals surface area contributed by atoms with E-state index in [0.29, 0.717) is 0 Å². The van der Waals surface area contributed by atoms with E-state index in [-0.39, 0.29) is 68.7 Å². The van der Waals surface area contributed by atoms with Gasteiger partial charge in [0, 0.05) is 0 Å². The third-order valence-corrected chi connectivity index (χ3v) is 5.67. The van der Waals surface area contributed by atoms with Crippen LogP contribution in [0.15, 0.2) is 0 Å². The summed E-state index contributed by atoms with van der Waals surface area (Å²) in [4.78, 5) is 0. The average molecular weight is 498 g/mol. The Hall–Kier alpha value is 2.46. The van der Waals surface area contributed by atoms with E-state index in [2.05, 4.69) is 5.68 Å². The first-order valence-electron chi connectivity index (χ1n) is 2.67. The van der Waals surface area contributed by atoms with Crippen molar-refractivity contribution >= 4 is 17.4 Å². The molecular formula is AlCr4KO14. The van der Waals surface area contributed by atoms with Crippen molar-refractivity contribution < 1.29 is 159 Å². The minimum absolute atomic E-state index is 0. The van der Waals surface area contributed by atoms with Crippen molar-refractivity contribution in [3.8, 4) is 0 Å². The molecule has 0 heterocycles. The fraction of sp³-hybridized carbons (Fsp3) is 0. The second-order valence-corrected chi connectivity index (χ2v) is 9.05. The molecule has 0 saturated carbocycles. The van der Waals surface area contributed by atoms with Crippen LogP contribution < -0.4 is 68.0 Å². The standard InChI is InChI=1S/Al.4Cr.K.14O/q+3;;;;;+1;;;;;;;;;;;4*-1. The zero-order valence-electron chi connectivity index (χ0n) is 8.93. The molecule has 0 aromatic carbocycles. The number of hydrogen-bond donors (Lipinski definition) is 0. The molecule has 20 heteroatoms. The van der Waals surface area contributed by atoms with Gasteiger partial charge in [-0.2, -0.15) is 0 Å². The first-order valence-corrected chi connectivity index (χ1v) is 11.0. The van der Waals surface area contributed by atoms with Gasteiger partial charge in [0.1, 0.15) is 0 Å². The van der Waals surface area contributed by atoms with Crippen LogP contribution in [-0.2, 0) is 90.6 Å². The first-order chi connectivity index (χ1) is 7.41. The van der Waals surface area contributed by atoms with Gasteiger partial charge in [0.15, 0.2) is 0 Å². The monoisotopic (exact) mass is 498 g/mol. The van der Waals surface area contributed by atoms with Crippen LogP contribution in [-0.4, -0.2) is 17.4 Å². The molecule has 0 aromatic heterocycles. The van der Waals surface area contributed by atoms with Gasteiger partial charge in [0.05, 0.1) is 0 Å². The number of hydrogen-bond acceptors (Lipinski definition) is 14. The molecule has 112 valence electrons. The van der Waals surface area contributed by atoms with Crippen LogP contribution in [0.3, 0.4) is 0 Å². The molecule has 0 N–H and O–H groups in total. The summed E-state index contributed by atoms with van der Waals surface area (Å²) < 4.78 is 118. The summed E-state index contributed by atoms with van der Waals surface area (Å²) in [5.74, 6) is 0. The summed E-state index contributed by atoms with van der Waals surface area (Å²) in [6.07, 6.45) is 0. The maximum absolute atomic E-state index is 9.38. The molecule has 0 saturated heterocycles. The van der Waals surface area contributed by atoms with Gasteiger partial charge in [-0.3, -0.25) is 0 Å². The molecule has 0 aliphatic carbocycles. The summed E-state index contributed by atoms with van der Waals surface area (Å²) in [5.41, 5.74) is 0. The molecule has 0 unspecified atom stereocenters. The fourth-order valence-electron chi connectivity index (χ4n) is 0.204. The third kappa shape index (κ3) is 37.1. The van der Waals surface area contributed by atoms with Crippen molar-refractivity contribution in [3.63, 3.8) is 0 Å². The first kappa shape index (κ1) is 30.4. The predicted octanol–water partition coefficient (Wildman–Crippen LogP) is -9.23. The Kier molecular flexibility index (Phi) is 16.8. The van der Waals surface area contributed by atoms with Gasteiger partial charge in [-0.05, 0) is 0 Å². The van der Waals surface area contributed by atoms with Crippen molar-refractivity contribution in [1.29, 1.82) is 0 Å². The summed E-state index contributed by atoms with van der Waals surface area (Å²) in [6.45, 7) is 0. The van der Waals surface area contributed by atoms with Crippen LogP contribution in [0.1, 0.15) is 0 Å². The van der Waals surface area contributed by atoms with E-state index in [1.54, 1.807) is 0 Å². The van der Waals surface area contributed by atoms with Crippen LogP contribution >= 0.6 is 0 Å². The molecule has 0 aliphatic heterocycles. The Labute approximate surface area is 172 Å². The van der Waals surface area contributed by atoms with Crippen molar-refractivity contribution in [2.75, 3.05) is 0 Å². The SMILES string of the molecule is [Al+3].[K+].[O]=[Cr](=[O])([O-])[O][Cr](=[O])(=[O])[O-].[O]=[Cr](=[O])([O-])[O][Cr](=[O])(=[O])[O-]. The van der Waals surface area contributed by atoms with Crippen LogP contribution in [0.5, 0.6) is 0 Å². The van der Waals surface area contributed by atoms with Crippen molar-refractivity contribution in [2.24, 2.45) is 0 Å². The number of rotatable bonds is 4. The summed E-state index contributed by atoms with van der Waals surface area (Å²) in [6, 6.07) is 0. The van der Waals surface area contributed by atoms with Crippen molar-refractivity contribution in [3.05, 3.63) is 0 Å². The molecule has 0 spiro atoms. The molecule has 0 amide bonds. The van der Waals surface area contributed by atoms with Crippen LogP contribution in [0.4, 0.5) is 0 Å². The van der Waals surface area contributed by atoms with E-state index >= 15 is 0 Å². The Morgan fingerprint density at radius 2 is 0.600 bits per heavy atom. The van der Waals surface area contributed by atoms with Gasteiger partial charge in [-0.15, -0.1) is 0 Å². The maximum atomic E-state index is 9.38. The molecular weight excluding hydrogens is 498 g/mol. The van der Waals surface area contributed by atoms with E-state index in [0.717, 1.165) is 0 Å². The Morgan fingerprint density at radius 1 is 0.500 bits per heavy atom. The molecule has 0 bridgehead atoms. The van der Waals surface area contributed by atoms with Gasteiger partial charge in [0.25, 0.3) is 0 Å². The third-order valence-electron chi connectivity index (χ3n) is 0.333. The van der Waals surface area contributed by atoms with E-state index in [1.165, 1.54) is 0 Å². The summed E-state index contributed by atoms with van der Waals surface area (Å²) in [7, 11) is 0. The molecule has 0 rings (SSSR count). The van der Waals surface area contributed by atoms with E-state index in [4.69, 9.17) is 0 Å². The van der Waals surface area contributed by atoms with Crippen LogP contribution in [0, 0.1) is 0 Å².